The molecule has 1 aromatic carbocycles. The topological polar surface area (TPSA) is 31.0 Å². The van der Waals surface area contributed by atoms with Gasteiger partial charge in [0.25, 0.3) is 0 Å². The van der Waals surface area contributed by atoms with Crippen LogP contribution in [0.5, 0.6) is 0 Å². The normalized spacial score (nSPS) is 36.8. The van der Waals surface area contributed by atoms with Crippen LogP contribution in [0.4, 0.5) is 0 Å². The third-order valence-corrected chi connectivity index (χ3v) is 3.12. The number of ether oxygens (including phenoxy) is 3. The third-order valence-electron chi connectivity index (χ3n) is 3.12. The van der Waals surface area contributed by atoms with E-state index in [4.69, 9.17) is 14.2 Å². The lowest BCUT2D eigenvalue weighted by molar-refractivity contribution is -0.185. The zero-order valence-electron chi connectivity index (χ0n) is 9.34. The molecule has 2 aliphatic heterocycles. The molecule has 0 aromatic heterocycles. The molecule has 0 amide bonds. The van der Waals surface area contributed by atoms with Crippen molar-refractivity contribution in [2.45, 2.75) is 37.9 Å². The molecule has 1 aromatic rings. The van der Waals surface area contributed by atoms with E-state index in [9.17, 15) is 0 Å². The first-order chi connectivity index (χ1) is 7.88. The first-order valence-corrected chi connectivity index (χ1v) is 5.86. The zero-order valence-corrected chi connectivity index (χ0v) is 9.34. The number of fused-ring (bicyclic) bond motifs is 1. The lowest BCUT2D eigenvalue weighted by Gasteiger charge is -2.27. The van der Waals surface area contributed by atoms with Crippen molar-refractivity contribution in [1.29, 1.82) is 0 Å². The first-order valence-electron chi connectivity index (χ1n) is 5.86. The van der Waals surface area contributed by atoms with Gasteiger partial charge in [0.05, 0.1) is 6.10 Å². The van der Waals surface area contributed by atoms with Crippen LogP contribution in [0.15, 0.2) is 30.3 Å². The summed E-state index contributed by atoms with van der Waals surface area (Å²) < 4.78 is 17.1. The number of hydrogen-bond donors (Lipinski definition) is 0. The van der Waals surface area contributed by atoms with E-state index >= 15 is 0 Å². The number of hydrogen-bond acceptors (Lipinski definition) is 3. The van der Waals surface area contributed by atoms with Crippen molar-refractivity contribution in [3.05, 3.63) is 35.9 Å². The standard InChI is InChI=1S/C13H16O3/c1-2-14-11-8-10-13(15-10)12(16-11)9-6-4-3-5-7-9/h3-7,10-13H,2,8H2,1H3/t10?,11-,12-,13?/m1/s1. The molecule has 3 nitrogen and oxygen atoms in total. The van der Waals surface area contributed by atoms with E-state index in [0.29, 0.717) is 12.7 Å². The summed E-state index contributed by atoms with van der Waals surface area (Å²) in [7, 11) is 0. The van der Waals surface area contributed by atoms with Crippen molar-refractivity contribution >= 4 is 0 Å². The molecular weight excluding hydrogens is 204 g/mol. The highest BCUT2D eigenvalue weighted by atomic mass is 16.7. The van der Waals surface area contributed by atoms with Gasteiger partial charge in [0.2, 0.25) is 0 Å². The van der Waals surface area contributed by atoms with E-state index in [1.165, 1.54) is 5.56 Å². The van der Waals surface area contributed by atoms with E-state index in [0.717, 1.165) is 6.42 Å². The third kappa shape index (κ3) is 1.86. The molecule has 2 unspecified atom stereocenters. The number of benzene rings is 1. The predicted octanol–water partition coefficient (Wildman–Crippen LogP) is 2.28. The van der Waals surface area contributed by atoms with Gasteiger partial charge < -0.3 is 14.2 Å². The lowest BCUT2D eigenvalue weighted by Crippen LogP contribution is -2.30. The molecule has 0 spiro atoms. The summed E-state index contributed by atoms with van der Waals surface area (Å²) in [5.74, 6) is 0. The Morgan fingerprint density at radius 1 is 1.25 bits per heavy atom. The molecule has 2 heterocycles. The summed E-state index contributed by atoms with van der Waals surface area (Å²) in [4.78, 5) is 0. The van der Waals surface area contributed by atoms with E-state index < -0.39 is 0 Å². The lowest BCUT2D eigenvalue weighted by atomic mass is 10.0. The Morgan fingerprint density at radius 3 is 2.81 bits per heavy atom. The number of rotatable bonds is 3. The minimum Gasteiger partial charge on any atom is -0.366 e. The van der Waals surface area contributed by atoms with Gasteiger partial charge in [-0.15, -0.1) is 0 Å². The molecule has 2 saturated heterocycles. The van der Waals surface area contributed by atoms with Crippen molar-refractivity contribution in [2.24, 2.45) is 0 Å². The smallest absolute Gasteiger partial charge is 0.161 e. The molecule has 2 aliphatic rings. The second-order valence-electron chi connectivity index (χ2n) is 4.23. The van der Waals surface area contributed by atoms with Gasteiger partial charge in [-0.25, -0.2) is 0 Å². The highest BCUT2D eigenvalue weighted by molar-refractivity contribution is 5.21. The van der Waals surface area contributed by atoms with Crippen LogP contribution in [0.2, 0.25) is 0 Å². The van der Waals surface area contributed by atoms with E-state index in [1.54, 1.807) is 0 Å². The Kier molecular flexibility index (Phi) is 2.67. The van der Waals surface area contributed by atoms with Crippen molar-refractivity contribution in [3.63, 3.8) is 0 Å². The summed E-state index contributed by atoms with van der Waals surface area (Å²) in [6, 6.07) is 10.2. The van der Waals surface area contributed by atoms with Gasteiger partial charge >= 0.3 is 0 Å². The SMILES string of the molecule is CCO[C@H]1CC2OC2[C@@H](c2ccccc2)O1. The summed E-state index contributed by atoms with van der Waals surface area (Å²) >= 11 is 0. The summed E-state index contributed by atoms with van der Waals surface area (Å²) in [5.41, 5.74) is 1.18. The molecule has 86 valence electrons. The van der Waals surface area contributed by atoms with Crippen molar-refractivity contribution in [2.75, 3.05) is 6.61 Å². The van der Waals surface area contributed by atoms with Gasteiger partial charge in [-0.05, 0) is 12.5 Å². The maximum atomic E-state index is 5.92. The molecule has 3 rings (SSSR count). The van der Waals surface area contributed by atoms with Crippen molar-refractivity contribution in [1.82, 2.24) is 0 Å². The van der Waals surface area contributed by atoms with Crippen LogP contribution >= 0.6 is 0 Å². The molecule has 3 heteroatoms. The molecule has 0 bridgehead atoms. The Labute approximate surface area is 95.3 Å². The minimum absolute atomic E-state index is 0.0384. The van der Waals surface area contributed by atoms with Crippen LogP contribution in [0.3, 0.4) is 0 Å². The highest BCUT2D eigenvalue weighted by Crippen LogP contribution is 2.44. The number of epoxide rings is 1. The van der Waals surface area contributed by atoms with Crippen molar-refractivity contribution in [3.8, 4) is 0 Å². The fourth-order valence-corrected chi connectivity index (χ4v) is 2.30. The molecule has 0 saturated carbocycles. The zero-order chi connectivity index (χ0) is 11.0. The second kappa shape index (κ2) is 4.17. The quantitative estimate of drug-likeness (QED) is 0.732. The van der Waals surface area contributed by atoms with Gasteiger partial charge in [-0.3, -0.25) is 0 Å². The second-order valence-corrected chi connectivity index (χ2v) is 4.23. The highest BCUT2D eigenvalue weighted by Gasteiger charge is 2.52. The van der Waals surface area contributed by atoms with Gasteiger partial charge in [-0.1, -0.05) is 30.3 Å². The fourth-order valence-electron chi connectivity index (χ4n) is 2.30. The van der Waals surface area contributed by atoms with Crippen LogP contribution in [0.1, 0.15) is 25.0 Å². The maximum Gasteiger partial charge on any atom is 0.161 e. The Hall–Kier alpha value is -0.900. The van der Waals surface area contributed by atoms with Crippen molar-refractivity contribution < 1.29 is 14.2 Å². The largest absolute Gasteiger partial charge is 0.366 e. The molecule has 16 heavy (non-hydrogen) atoms. The summed E-state index contributed by atoms with van der Waals surface area (Å²) in [5, 5.41) is 0. The monoisotopic (exact) mass is 220 g/mol. The van der Waals surface area contributed by atoms with Gasteiger partial charge in [-0.2, -0.15) is 0 Å². The average Bonchev–Trinajstić information content (AvgIpc) is 3.09. The van der Waals surface area contributed by atoms with E-state index in [1.807, 2.05) is 25.1 Å². The van der Waals surface area contributed by atoms with Crippen LogP contribution < -0.4 is 0 Å². The fraction of sp³-hybridized carbons (Fsp3) is 0.538. The van der Waals surface area contributed by atoms with Crippen LogP contribution in [0.25, 0.3) is 0 Å². The Balaban J connectivity index is 1.75. The van der Waals surface area contributed by atoms with Crippen LogP contribution in [-0.4, -0.2) is 25.1 Å². The Bertz CT molecular complexity index is 351. The van der Waals surface area contributed by atoms with Gasteiger partial charge in [0.1, 0.15) is 12.2 Å². The molecule has 2 fully saturated rings. The molecule has 0 radical (unpaired) electrons. The Morgan fingerprint density at radius 2 is 2.06 bits per heavy atom. The van der Waals surface area contributed by atoms with Gasteiger partial charge in [0, 0.05) is 13.0 Å². The molecule has 4 atom stereocenters. The van der Waals surface area contributed by atoms with Crippen LogP contribution in [0, 0.1) is 0 Å². The average molecular weight is 220 g/mol. The molecule has 0 N–H and O–H groups in total. The molecular formula is C13H16O3. The van der Waals surface area contributed by atoms with E-state index in [2.05, 4.69) is 12.1 Å². The summed E-state index contributed by atoms with van der Waals surface area (Å²) in [6.45, 7) is 2.67. The van der Waals surface area contributed by atoms with Gasteiger partial charge in [0.15, 0.2) is 6.29 Å². The first kappa shape index (κ1) is 10.3. The predicted molar refractivity (Wildman–Crippen MR) is 59.0 cm³/mol. The minimum atomic E-state index is -0.112. The van der Waals surface area contributed by atoms with E-state index in [-0.39, 0.29) is 18.5 Å². The summed E-state index contributed by atoms with van der Waals surface area (Å²) in [6.07, 6.45) is 1.35. The van der Waals surface area contributed by atoms with Crippen LogP contribution in [-0.2, 0) is 14.2 Å². The maximum absolute atomic E-state index is 5.92. The molecule has 0 aliphatic carbocycles.